The third kappa shape index (κ3) is 1.89. The highest BCUT2D eigenvalue weighted by atomic mass is 32.1. The highest BCUT2D eigenvalue weighted by Crippen LogP contribution is 2.26. The van der Waals surface area contributed by atoms with Crippen molar-refractivity contribution in [3.8, 4) is 11.3 Å². The van der Waals surface area contributed by atoms with Crippen LogP contribution in [-0.4, -0.2) is 11.5 Å². The molecule has 0 aliphatic heterocycles. The van der Waals surface area contributed by atoms with Crippen molar-refractivity contribution in [2.24, 2.45) is 0 Å². The average molecular weight is 210 g/mol. The van der Waals surface area contributed by atoms with Gasteiger partial charge in [0.2, 0.25) is 0 Å². The molecule has 2 rings (SSSR count). The molecule has 0 aromatic carbocycles. The SMILES string of the molecule is CCNc1nc(-c2ccsc2)cs1. The molecule has 13 heavy (non-hydrogen) atoms. The number of aromatic nitrogens is 1. The van der Waals surface area contributed by atoms with E-state index in [0.29, 0.717) is 0 Å². The van der Waals surface area contributed by atoms with E-state index in [9.17, 15) is 0 Å². The van der Waals surface area contributed by atoms with Gasteiger partial charge in [0.25, 0.3) is 0 Å². The Hall–Kier alpha value is -0.870. The quantitative estimate of drug-likeness (QED) is 0.840. The summed E-state index contributed by atoms with van der Waals surface area (Å²) in [6.07, 6.45) is 0. The van der Waals surface area contributed by atoms with Gasteiger partial charge in [-0.3, -0.25) is 0 Å². The first-order valence-corrected chi connectivity index (χ1v) is 5.94. The number of hydrogen-bond acceptors (Lipinski definition) is 4. The number of rotatable bonds is 3. The molecule has 0 saturated heterocycles. The second-order valence-electron chi connectivity index (χ2n) is 2.58. The summed E-state index contributed by atoms with van der Waals surface area (Å²) in [7, 11) is 0. The third-order valence-corrected chi connectivity index (χ3v) is 3.13. The molecule has 0 amide bonds. The van der Waals surface area contributed by atoms with Crippen LogP contribution in [0.2, 0.25) is 0 Å². The molecule has 0 saturated carbocycles. The van der Waals surface area contributed by atoms with Gasteiger partial charge in [-0.2, -0.15) is 11.3 Å². The van der Waals surface area contributed by atoms with Crippen LogP contribution in [-0.2, 0) is 0 Å². The van der Waals surface area contributed by atoms with Crippen molar-refractivity contribution in [1.29, 1.82) is 0 Å². The minimum absolute atomic E-state index is 0.927. The topological polar surface area (TPSA) is 24.9 Å². The lowest BCUT2D eigenvalue weighted by atomic mass is 10.3. The highest BCUT2D eigenvalue weighted by Gasteiger charge is 2.02. The Labute approximate surface area is 85.3 Å². The van der Waals surface area contributed by atoms with Crippen molar-refractivity contribution in [1.82, 2.24) is 4.98 Å². The second kappa shape index (κ2) is 3.89. The highest BCUT2D eigenvalue weighted by molar-refractivity contribution is 7.14. The molecule has 68 valence electrons. The van der Waals surface area contributed by atoms with E-state index in [0.717, 1.165) is 17.4 Å². The molecule has 0 unspecified atom stereocenters. The predicted octanol–water partition coefficient (Wildman–Crippen LogP) is 3.30. The van der Waals surface area contributed by atoms with Gasteiger partial charge in [0.15, 0.2) is 5.13 Å². The van der Waals surface area contributed by atoms with E-state index in [1.54, 1.807) is 22.7 Å². The fraction of sp³-hybridized carbons (Fsp3) is 0.222. The zero-order chi connectivity index (χ0) is 9.10. The maximum absolute atomic E-state index is 4.46. The van der Waals surface area contributed by atoms with Crippen LogP contribution in [0.1, 0.15) is 6.92 Å². The molecule has 0 aliphatic rings. The van der Waals surface area contributed by atoms with Crippen LogP contribution in [0, 0.1) is 0 Å². The van der Waals surface area contributed by atoms with Crippen molar-refractivity contribution in [2.75, 3.05) is 11.9 Å². The molecule has 0 radical (unpaired) electrons. The zero-order valence-corrected chi connectivity index (χ0v) is 8.91. The molecule has 2 heterocycles. The summed E-state index contributed by atoms with van der Waals surface area (Å²) in [5, 5.41) is 10.5. The van der Waals surface area contributed by atoms with E-state index in [-0.39, 0.29) is 0 Å². The van der Waals surface area contributed by atoms with Gasteiger partial charge in [-0.05, 0) is 18.4 Å². The summed E-state index contributed by atoms with van der Waals surface area (Å²) < 4.78 is 0. The molecule has 2 aromatic heterocycles. The van der Waals surface area contributed by atoms with E-state index in [1.165, 1.54) is 5.56 Å². The number of anilines is 1. The Kier molecular flexibility index (Phi) is 2.61. The molecule has 0 bridgehead atoms. The van der Waals surface area contributed by atoms with Gasteiger partial charge in [-0.1, -0.05) is 0 Å². The van der Waals surface area contributed by atoms with Crippen molar-refractivity contribution in [3.05, 3.63) is 22.2 Å². The molecule has 2 aromatic rings. The van der Waals surface area contributed by atoms with Crippen LogP contribution in [0.3, 0.4) is 0 Å². The maximum Gasteiger partial charge on any atom is 0.183 e. The van der Waals surface area contributed by atoms with Gasteiger partial charge < -0.3 is 5.32 Å². The zero-order valence-electron chi connectivity index (χ0n) is 7.28. The van der Waals surface area contributed by atoms with E-state index in [4.69, 9.17) is 0 Å². The lowest BCUT2D eigenvalue weighted by Crippen LogP contribution is -1.94. The fourth-order valence-electron chi connectivity index (χ4n) is 1.05. The first kappa shape index (κ1) is 8.72. The molecule has 4 heteroatoms. The molecular formula is C9H10N2S2. The van der Waals surface area contributed by atoms with Crippen molar-refractivity contribution >= 4 is 27.8 Å². The molecule has 0 aliphatic carbocycles. The molecule has 0 atom stereocenters. The Balaban J connectivity index is 2.23. The van der Waals surface area contributed by atoms with Gasteiger partial charge in [-0.25, -0.2) is 4.98 Å². The molecule has 0 fully saturated rings. The van der Waals surface area contributed by atoms with E-state index >= 15 is 0 Å². The summed E-state index contributed by atoms with van der Waals surface area (Å²) >= 11 is 3.36. The van der Waals surface area contributed by atoms with Crippen molar-refractivity contribution < 1.29 is 0 Å². The number of hydrogen-bond donors (Lipinski definition) is 1. The second-order valence-corrected chi connectivity index (χ2v) is 4.22. The van der Waals surface area contributed by atoms with E-state index in [1.807, 2.05) is 0 Å². The first-order valence-electron chi connectivity index (χ1n) is 4.12. The minimum atomic E-state index is 0.927. The minimum Gasteiger partial charge on any atom is -0.362 e. The largest absolute Gasteiger partial charge is 0.362 e. The number of nitrogens with one attached hydrogen (secondary N) is 1. The fourth-order valence-corrected chi connectivity index (χ4v) is 2.49. The van der Waals surface area contributed by atoms with E-state index in [2.05, 4.69) is 39.4 Å². The van der Waals surface area contributed by atoms with Crippen LogP contribution >= 0.6 is 22.7 Å². The lowest BCUT2D eigenvalue weighted by molar-refractivity contribution is 1.19. The standard InChI is InChI=1S/C9H10N2S2/c1-2-10-9-11-8(6-13-9)7-3-4-12-5-7/h3-6H,2H2,1H3,(H,10,11). The van der Waals surface area contributed by atoms with Gasteiger partial charge in [-0.15, -0.1) is 11.3 Å². The van der Waals surface area contributed by atoms with Gasteiger partial charge >= 0.3 is 0 Å². The summed E-state index contributed by atoms with van der Waals surface area (Å²) in [5.74, 6) is 0. The molecular weight excluding hydrogens is 200 g/mol. The van der Waals surface area contributed by atoms with Crippen molar-refractivity contribution in [3.63, 3.8) is 0 Å². The summed E-state index contributed by atoms with van der Waals surface area (Å²) in [6, 6.07) is 2.09. The Morgan fingerprint density at radius 2 is 2.38 bits per heavy atom. The molecule has 1 N–H and O–H groups in total. The van der Waals surface area contributed by atoms with Crippen LogP contribution in [0.4, 0.5) is 5.13 Å². The summed E-state index contributed by atoms with van der Waals surface area (Å²) in [4.78, 5) is 4.46. The van der Waals surface area contributed by atoms with Crippen LogP contribution in [0.5, 0.6) is 0 Å². The van der Waals surface area contributed by atoms with Crippen LogP contribution < -0.4 is 5.32 Å². The molecule has 0 spiro atoms. The maximum atomic E-state index is 4.46. The first-order chi connectivity index (χ1) is 6.40. The number of nitrogens with zero attached hydrogens (tertiary/aromatic N) is 1. The van der Waals surface area contributed by atoms with Gasteiger partial charge in [0, 0.05) is 22.9 Å². The Bertz CT molecular complexity index is 365. The van der Waals surface area contributed by atoms with Gasteiger partial charge in [0.05, 0.1) is 5.69 Å². The van der Waals surface area contributed by atoms with Crippen LogP contribution in [0.25, 0.3) is 11.3 Å². The smallest absolute Gasteiger partial charge is 0.183 e. The predicted molar refractivity (Wildman–Crippen MR) is 59.6 cm³/mol. The van der Waals surface area contributed by atoms with Crippen LogP contribution in [0.15, 0.2) is 22.2 Å². The number of thiazole rings is 1. The summed E-state index contributed by atoms with van der Waals surface area (Å²) in [5.41, 5.74) is 2.28. The third-order valence-electron chi connectivity index (χ3n) is 1.65. The van der Waals surface area contributed by atoms with E-state index < -0.39 is 0 Å². The lowest BCUT2D eigenvalue weighted by Gasteiger charge is -1.93. The Morgan fingerprint density at radius 1 is 1.46 bits per heavy atom. The molecule has 2 nitrogen and oxygen atoms in total. The van der Waals surface area contributed by atoms with Gasteiger partial charge in [0.1, 0.15) is 0 Å². The normalized spacial score (nSPS) is 10.2. The summed E-state index contributed by atoms with van der Waals surface area (Å²) in [6.45, 7) is 3.00. The monoisotopic (exact) mass is 210 g/mol. The number of thiophene rings is 1. The Morgan fingerprint density at radius 3 is 3.08 bits per heavy atom. The van der Waals surface area contributed by atoms with Crippen molar-refractivity contribution in [2.45, 2.75) is 6.92 Å². The average Bonchev–Trinajstić information content (AvgIpc) is 2.70.